The van der Waals surface area contributed by atoms with Gasteiger partial charge in [-0.05, 0) is 19.1 Å². The van der Waals surface area contributed by atoms with Crippen LogP contribution in [0.2, 0.25) is 0 Å². The molecule has 1 aliphatic rings. The van der Waals surface area contributed by atoms with Crippen molar-refractivity contribution in [1.82, 2.24) is 5.32 Å². The van der Waals surface area contributed by atoms with Crippen LogP contribution in [0.3, 0.4) is 0 Å². The maximum absolute atomic E-state index is 13.3. The third-order valence-electron chi connectivity index (χ3n) is 2.19. The van der Waals surface area contributed by atoms with Crippen LogP contribution in [-0.2, 0) is 0 Å². The van der Waals surface area contributed by atoms with E-state index in [2.05, 4.69) is 5.32 Å². The topological polar surface area (TPSA) is 15.3 Å². The summed E-state index contributed by atoms with van der Waals surface area (Å²) in [6.07, 6.45) is 1.73. The third kappa shape index (κ3) is 1.32. The van der Waals surface area contributed by atoms with Crippen molar-refractivity contribution in [3.05, 3.63) is 41.7 Å². The second-order valence-electron chi connectivity index (χ2n) is 3.15. The van der Waals surface area contributed by atoms with Crippen molar-refractivity contribution < 1.29 is 8.78 Å². The number of anilines is 1. The summed E-state index contributed by atoms with van der Waals surface area (Å²) in [5.41, 5.74) is 0.806. The van der Waals surface area contributed by atoms with Gasteiger partial charge in [0.05, 0.1) is 6.67 Å². The van der Waals surface area contributed by atoms with Gasteiger partial charge in [0, 0.05) is 11.9 Å². The van der Waals surface area contributed by atoms with Gasteiger partial charge >= 0.3 is 0 Å². The quantitative estimate of drug-likeness (QED) is 0.740. The standard InChI is InChI=1S/C10H10F2N2/c1-7-5-13-6-14(7)10-8(11)3-2-4-9(10)12/h2-5,13H,6H2,1H3. The van der Waals surface area contributed by atoms with Crippen LogP contribution < -0.4 is 10.2 Å². The Bertz CT molecular complexity index is 367. The maximum Gasteiger partial charge on any atom is 0.149 e. The van der Waals surface area contributed by atoms with Gasteiger partial charge in [0.2, 0.25) is 0 Å². The summed E-state index contributed by atoms with van der Waals surface area (Å²) in [5, 5.41) is 2.91. The van der Waals surface area contributed by atoms with E-state index in [-0.39, 0.29) is 5.69 Å². The highest BCUT2D eigenvalue weighted by atomic mass is 19.1. The van der Waals surface area contributed by atoms with E-state index in [1.54, 1.807) is 18.0 Å². The minimum atomic E-state index is -0.540. The summed E-state index contributed by atoms with van der Waals surface area (Å²) in [6, 6.07) is 3.87. The molecule has 0 amide bonds. The Morgan fingerprint density at radius 2 is 1.93 bits per heavy atom. The lowest BCUT2D eigenvalue weighted by atomic mass is 10.2. The van der Waals surface area contributed by atoms with Crippen molar-refractivity contribution in [1.29, 1.82) is 0 Å². The zero-order chi connectivity index (χ0) is 10.1. The van der Waals surface area contributed by atoms with Crippen LogP contribution in [0.25, 0.3) is 0 Å². The van der Waals surface area contributed by atoms with Crippen molar-refractivity contribution in [2.75, 3.05) is 11.6 Å². The van der Waals surface area contributed by atoms with Crippen LogP contribution in [0.4, 0.5) is 14.5 Å². The number of hydrogen-bond donors (Lipinski definition) is 1. The molecule has 0 atom stereocenters. The van der Waals surface area contributed by atoms with Gasteiger partial charge in [0.25, 0.3) is 0 Å². The largest absolute Gasteiger partial charge is 0.372 e. The van der Waals surface area contributed by atoms with Crippen molar-refractivity contribution in [2.24, 2.45) is 0 Å². The zero-order valence-electron chi connectivity index (χ0n) is 7.72. The first-order valence-electron chi connectivity index (χ1n) is 4.32. The smallest absolute Gasteiger partial charge is 0.149 e. The Hall–Kier alpha value is -1.58. The minimum absolute atomic E-state index is 0.00579. The summed E-state index contributed by atoms with van der Waals surface area (Å²) in [4.78, 5) is 1.56. The van der Waals surface area contributed by atoms with Crippen LogP contribution in [0.15, 0.2) is 30.1 Å². The lowest BCUT2D eigenvalue weighted by Gasteiger charge is -2.20. The summed E-state index contributed by atoms with van der Waals surface area (Å²) in [5.74, 6) is -1.08. The van der Waals surface area contributed by atoms with Crippen molar-refractivity contribution in [3.63, 3.8) is 0 Å². The van der Waals surface area contributed by atoms with Gasteiger partial charge in [-0.3, -0.25) is 0 Å². The fourth-order valence-electron chi connectivity index (χ4n) is 1.49. The summed E-state index contributed by atoms with van der Waals surface area (Å²) < 4.78 is 26.7. The van der Waals surface area contributed by atoms with E-state index in [0.29, 0.717) is 6.67 Å². The van der Waals surface area contributed by atoms with Crippen LogP contribution in [0.5, 0.6) is 0 Å². The molecule has 0 bridgehead atoms. The molecule has 14 heavy (non-hydrogen) atoms. The Labute approximate surface area is 80.8 Å². The maximum atomic E-state index is 13.3. The molecule has 0 fully saturated rings. The van der Waals surface area contributed by atoms with Crippen molar-refractivity contribution in [2.45, 2.75) is 6.92 Å². The summed E-state index contributed by atoms with van der Waals surface area (Å²) >= 11 is 0. The molecule has 1 aliphatic heterocycles. The van der Waals surface area contributed by atoms with Gasteiger partial charge in [-0.25, -0.2) is 8.78 Å². The van der Waals surface area contributed by atoms with Gasteiger partial charge in [-0.1, -0.05) is 6.07 Å². The molecule has 0 spiro atoms. The van der Waals surface area contributed by atoms with Crippen LogP contribution in [0, 0.1) is 11.6 Å². The number of nitrogens with one attached hydrogen (secondary N) is 1. The predicted molar refractivity (Wildman–Crippen MR) is 50.6 cm³/mol. The number of allylic oxidation sites excluding steroid dienone is 1. The first-order chi connectivity index (χ1) is 6.70. The highest BCUT2D eigenvalue weighted by molar-refractivity contribution is 5.55. The van der Waals surface area contributed by atoms with Gasteiger partial charge in [-0.2, -0.15) is 0 Å². The van der Waals surface area contributed by atoms with E-state index in [9.17, 15) is 8.78 Å². The average Bonchev–Trinajstić information content (AvgIpc) is 2.52. The van der Waals surface area contributed by atoms with E-state index in [1.807, 2.05) is 0 Å². The second-order valence-corrected chi connectivity index (χ2v) is 3.15. The normalized spacial score (nSPS) is 15.4. The molecule has 0 aromatic heterocycles. The van der Waals surface area contributed by atoms with Crippen molar-refractivity contribution in [3.8, 4) is 0 Å². The molecule has 0 radical (unpaired) electrons. The lowest BCUT2D eigenvalue weighted by molar-refractivity contribution is 0.578. The molecule has 4 heteroatoms. The highest BCUT2D eigenvalue weighted by Gasteiger charge is 2.19. The van der Waals surface area contributed by atoms with Gasteiger partial charge in [-0.15, -0.1) is 0 Å². The lowest BCUT2D eigenvalue weighted by Crippen LogP contribution is -2.24. The van der Waals surface area contributed by atoms with Gasteiger partial charge < -0.3 is 10.2 Å². The summed E-state index contributed by atoms with van der Waals surface area (Å²) in [6.45, 7) is 2.20. The van der Waals surface area contributed by atoms with Crippen LogP contribution >= 0.6 is 0 Å². The Kier molecular flexibility index (Phi) is 2.11. The predicted octanol–water partition coefficient (Wildman–Crippen LogP) is 2.19. The Balaban J connectivity index is 2.46. The molecule has 1 N–H and O–H groups in total. The Morgan fingerprint density at radius 3 is 2.43 bits per heavy atom. The molecule has 0 saturated heterocycles. The second kappa shape index (κ2) is 3.29. The molecule has 74 valence electrons. The molecular formula is C10H10F2N2. The monoisotopic (exact) mass is 196 g/mol. The molecule has 2 rings (SSSR count). The van der Waals surface area contributed by atoms with E-state index < -0.39 is 11.6 Å². The molecular weight excluding hydrogens is 186 g/mol. The zero-order valence-corrected chi connectivity index (χ0v) is 7.72. The van der Waals surface area contributed by atoms with Gasteiger partial charge in [0.1, 0.15) is 17.3 Å². The van der Waals surface area contributed by atoms with Gasteiger partial charge in [0.15, 0.2) is 0 Å². The number of rotatable bonds is 1. The molecule has 2 nitrogen and oxygen atoms in total. The number of halogens is 2. The molecule has 0 saturated carbocycles. The van der Waals surface area contributed by atoms with Crippen LogP contribution in [-0.4, -0.2) is 6.67 Å². The number of benzene rings is 1. The molecule has 0 aliphatic carbocycles. The fraction of sp³-hybridized carbons (Fsp3) is 0.200. The fourth-order valence-corrected chi connectivity index (χ4v) is 1.49. The SMILES string of the molecule is CC1=CNCN1c1c(F)cccc1F. The van der Waals surface area contributed by atoms with E-state index in [0.717, 1.165) is 5.70 Å². The molecule has 0 unspecified atom stereocenters. The van der Waals surface area contributed by atoms with E-state index in [4.69, 9.17) is 0 Å². The molecule has 1 aromatic rings. The van der Waals surface area contributed by atoms with E-state index in [1.165, 1.54) is 18.2 Å². The number of para-hydroxylation sites is 1. The first kappa shape index (κ1) is 8.99. The average molecular weight is 196 g/mol. The minimum Gasteiger partial charge on any atom is -0.372 e. The number of nitrogens with zero attached hydrogens (tertiary/aromatic N) is 1. The van der Waals surface area contributed by atoms with Crippen molar-refractivity contribution >= 4 is 5.69 Å². The third-order valence-corrected chi connectivity index (χ3v) is 2.19. The molecule has 1 heterocycles. The highest BCUT2D eigenvalue weighted by Crippen LogP contribution is 2.26. The van der Waals surface area contributed by atoms with E-state index >= 15 is 0 Å². The molecule has 1 aromatic carbocycles. The van der Waals surface area contributed by atoms with Crippen LogP contribution in [0.1, 0.15) is 6.92 Å². The first-order valence-corrected chi connectivity index (χ1v) is 4.32. The Morgan fingerprint density at radius 1 is 1.29 bits per heavy atom. The number of hydrogen-bond acceptors (Lipinski definition) is 2. The summed E-state index contributed by atoms with van der Waals surface area (Å²) in [7, 11) is 0.